The van der Waals surface area contributed by atoms with Crippen LogP contribution in [0.2, 0.25) is 0 Å². The molecule has 12 heavy (non-hydrogen) atoms. The SMILES string of the molecule is CCCC(N)S(=O)C(N)CCC. The van der Waals surface area contributed by atoms with Crippen molar-refractivity contribution in [3.63, 3.8) is 0 Å². The van der Waals surface area contributed by atoms with Gasteiger partial charge in [-0.1, -0.05) is 26.7 Å². The zero-order valence-electron chi connectivity index (χ0n) is 7.95. The summed E-state index contributed by atoms with van der Waals surface area (Å²) in [5.74, 6) is 0. The Labute approximate surface area is 77.3 Å². The summed E-state index contributed by atoms with van der Waals surface area (Å²) in [6.07, 6.45) is 3.52. The van der Waals surface area contributed by atoms with Crippen molar-refractivity contribution in [2.24, 2.45) is 11.5 Å². The van der Waals surface area contributed by atoms with Gasteiger partial charge < -0.3 is 11.5 Å². The lowest BCUT2D eigenvalue weighted by Gasteiger charge is -2.15. The first-order chi connectivity index (χ1) is 5.63. The minimum Gasteiger partial charge on any atom is -0.317 e. The van der Waals surface area contributed by atoms with E-state index in [0.717, 1.165) is 25.7 Å². The highest BCUT2D eigenvalue weighted by atomic mass is 32.2. The van der Waals surface area contributed by atoms with Crippen LogP contribution in [-0.4, -0.2) is 15.0 Å². The molecule has 4 N–H and O–H groups in total. The highest BCUT2D eigenvalue weighted by Gasteiger charge is 2.16. The van der Waals surface area contributed by atoms with E-state index < -0.39 is 10.8 Å². The lowest BCUT2D eigenvalue weighted by Crippen LogP contribution is -2.37. The lowest BCUT2D eigenvalue weighted by atomic mass is 10.3. The Morgan fingerprint density at radius 2 is 1.42 bits per heavy atom. The average molecular weight is 192 g/mol. The van der Waals surface area contributed by atoms with Gasteiger partial charge in [0.25, 0.3) is 0 Å². The highest BCUT2D eigenvalue weighted by Crippen LogP contribution is 2.06. The Morgan fingerprint density at radius 1 is 1.08 bits per heavy atom. The third-order valence-corrected chi connectivity index (χ3v) is 3.41. The van der Waals surface area contributed by atoms with Crippen LogP contribution in [0.1, 0.15) is 39.5 Å². The van der Waals surface area contributed by atoms with Gasteiger partial charge in [0.2, 0.25) is 0 Å². The van der Waals surface area contributed by atoms with Gasteiger partial charge in [0.1, 0.15) is 0 Å². The van der Waals surface area contributed by atoms with E-state index in [9.17, 15) is 4.21 Å². The van der Waals surface area contributed by atoms with Crippen molar-refractivity contribution >= 4 is 10.8 Å². The van der Waals surface area contributed by atoms with E-state index in [1.807, 2.05) is 13.8 Å². The molecule has 0 aromatic heterocycles. The fourth-order valence-electron chi connectivity index (χ4n) is 1.03. The van der Waals surface area contributed by atoms with Crippen LogP contribution in [0, 0.1) is 0 Å². The fraction of sp³-hybridized carbons (Fsp3) is 1.00. The van der Waals surface area contributed by atoms with Crippen molar-refractivity contribution in [3.05, 3.63) is 0 Å². The van der Waals surface area contributed by atoms with Crippen molar-refractivity contribution in [3.8, 4) is 0 Å². The predicted molar refractivity (Wildman–Crippen MR) is 53.9 cm³/mol. The van der Waals surface area contributed by atoms with Gasteiger partial charge in [-0.15, -0.1) is 0 Å². The summed E-state index contributed by atoms with van der Waals surface area (Å²) in [5.41, 5.74) is 11.4. The Balaban J connectivity index is 3.82. The first-order valence-corrected chi connectivity index (χ1v) is 5.81. The van der Waals surface area contributed by atoms with Gasteiger partial charge in [-0.05, 0) is 12.8 Å². The Kier molecular flexibility index (Phi) is 6.61. The van der Waals surface area contributed by atoms with Crippen molar-refractivity contribution < 1.29 is 4.21 Å². The predicted octanol–water partition coefficient (Wildman–Crippen LogP) is 0.905. The van der Waals surface area contributed by atoms with Crippen LogP contribution in [0.4, 0.5) is 0 Å². The summed E-state index contributed by atoms with van der Waals surface area (Å²) in [6, 6.07) is 0. The molecule has 0 saturated heterocycles. The zero-order valence-corrected chi connectivity index (χ0v) is 8.77. The van der Waals surface area contributed by atoms with Gasteiger partial charge in [-0.25, -0.2) is 0 Å². The van der Waals surface area contributed by atoms with E-state index >= 15 is 0 Å². The molecular weight excluding hydrogens is 172 g/mol. The number of nitrogens with two attached hydrogens (primary N) is 2. The maximum Gasteiger partial charge on any atom is 0.0826 e. The molecule has 0 radical (unpaired) electrons. The largest absolute Gasteiger partial charge is 0.317 e. The molecule has 0 saturated carbocycles. The van der Waals surface area contributed by atoms with Crippen LogP contribution in [0.15, 0.2) is 0 Å². The van der Waals surface area contributed by atoms with Crippen molar-refractivity contribution in [2.75, 3.05) is 0 Å². The normalized spacial score (nSPS) is 18.7. The third kappa shape index (κ3) is 4.18. The molecule has 0 fully saturated rings. The van der Waals surface area contributed by atoms with Gasteiger partial charge in [0.15, 0.2) is 0 Å². The van der Waals surface area contributed by atoms with Crippen LogP contribution in [0.25, 0.3) is 0 Å². The standard InChI is InChI=1S/C8H20N2OS/c1-3-5-7(9)12(11)8(10)6-4-2/h7-8H,3-6,9-10H2,1-2H3. The van der Waals surface area contributed by atoms with E-state index in [4.69, 9.17) is 11.5 Å². The minimum atomic E-state index is -1.05. The first-order valence-electron chi connectivity index (χ1n) is 4.54. The molecule has 0 spiro atoms. The molecule has 2 atom stereocenters. The maximum absolute atomic E-state index is 11.5. The number of hydrogen-bond donors (Lipinski definition) is 2. The topological polar surface area (TPSA) is 69.1 Å². The Morgan fingerprint density at radius 3 is 1.67 bits per heavy atom. The second-order valence-corrected chi connectivity index (χ2v) is 4.85. The summed E-state index contributed by atoms with van der Waals surface area (Å²) in [6.45, 7) is 4.06. The summed E-state index contributed by atoms with van der Waals surface area (Å²) in [4.78, 5) is 0. The van der Waals surface area contributed by atoms with E-state index in [2.05, 4.69) is 0 Å². The van der Waals surface area contributed by atoms with Crippen LogP contribution in [0.5, 0.6) is 0 Å². The molecule has 0 aromatic carbocycles. The third-order valence-electron chi connectivity index (χ3n) is 1.74. The van der Waals surface area contributed by atoms with E-state index in [0.29, 0.717) is 0 Å². The molecule has 0 aliphatic heterocycles. The molecule has 4 heteroatoms. The fourth-order valence-corrected chi connectivity index (χ4v) is 2.41. The number of hydrogen-bond acceptors (Lipinski definition) is 3. The molecule has 0 aromatic rings. The van der Waals surface area contributed by atoms with E-state index in [1.54, 1.807) is 0 Å². The van der Waals surface area contributed by atoms with Gasteiger partial charge in [-0.2, -0.15) is 0 Å². The lowest BCUT2D eigenvalue weighted by molar-refractivity contribution is 0.631. The molecule has 3 nitrogen and oxygen atoms in total. The molecule has 0 aliphatic rings. The smallest absolute Gasteiger partial charge is 0.0826 e. The summed E-state index contributed by atoms with van der Waals surface area (Å²) >= 11 is 0. The second-order valence-electron chi connectivity index (χ2n) is 2.98. The zero-order chi connectivity index (χ0) is 9.56. The van der Waals surface area contributed by atoms with Crippen molar-refractivity contribution in [1.29, 1.82) is 0 Å². The average Bonchev–Trinajstić information content (AvgIpc) is 2.04. The maximum atomic E-state index is 11.5. The van der Waals surface area contributed by atoms with Crippen LogP contribution in [0.3, 0.4) is 0 Å². The van der Waals surface area contributed by atoms with Gasteiger partial charge in [-0.3, -0.25) is 4.21 Å². The highest BCUT2D eigenvalue weighted by molar-refractivity contribution is 7.86. The van der Waals surface area contributed by atoms with Crippen molar-refractivity contribution in [1.82, 2.24) is 0 Å². The quantitative estimate of drug-likeness (QED) is 0.657. The second kappa shape index (κ2) is 6.57. The molecular formula is C8H20N2OS. The van der Waals surface area contributed by atoms with Gasteiger partial charge in [0.05, 0.1) is 21.5 Å². The van der Waals surface area contributed by atoms with Crippen LogP contribution < -0.4 is 11.5 Å². The first kappa shape index (κ1) is 12.1. The molecule has 74 valence electrons. The summed E-state index contributed by atoms with van der Waals surface area (Å²) in [7, 11) is -1.05. The van der Waals surface area contributed by atoms with E-state index in [-0.39, 0.29) is 10.7 Å². The molecule has 0 rings (SSSR count). The Hall–Kier alpha value is 0.0700. The monoisotopic (exact) mass is 192 g/mol. The molecule has 2 unspecified atom stereocenters. The molecule has 0 amide bonds. The van der Waals surface area contributed by atoms with Crippen molar-refractivity contribution in [2.45, 2.75) is 50.3 Å². The minimum absolute atomic E-state index is 0.239. The van der Waals surface area contributed by atoms with Gasteiger partial charge in [0, 0.05) is 0 Å². The molecule has 0 bridgehead atoms. The summed E-state index contributed by atoms with van der Waals surface area (Å²) < 4.78 is 11.5. The summed E-state index contributed by atoms with van der Waals surface area (Å²) in [5, 5.41) is -0.479. The van der Waals surface area contributed by atoms with E-state index in [1.165, 1.54) is 0 Å². The Bertz CT molecular complexity index is 127. The van der Waals surface area contributed by atoms with Crippen LogP contribution in [-0.2, 0) is 10.8 Å². The van der Waals surface area contributed by atoms with Gasteiger partial charge >= 0.3 is 0 Å². The van der Waals surface area contributed by atoms with Crippen LogP contribution >= 0.6 is 0 Å². The molecule has 0 heterocycles. The molecule has 0 aliphatic carbocycles. The number of rotatable bonds is 6.